The third kappa shape index (κ3) is 4.08. The summed E-state index contributed by atoms with van der Waals surface area (Å²) in [6.45, 7) is 0. The highest BCUT2D eigenvalue weighted by molar-refractivity contribution is 7.99. The quantitative estimate of drug-likeness (QED) is 0.184. The van der Waals surface area contributed by atoms with Crippen LogP contribution in [0.25, 0.3) is 44.2 Å². The van der Waals surface area contributed by atoms with Gasteiger partial charge in [-0.2, -0.15) is 0 Å². The van der Waals surface area contributed by atoms with Crippen molar-refractivity contribution in [3.63, 3.8) is 0 Å². The SMILES string of the molecule is c1ccc(-c2cc(N(c3ccccc3)c3cccc4c3-c3ccccc3C43c4ccccc4Sc4ccccc43)c3oc4ccccc4c3c2)cc1. The van der Waals surface area contributed by atoms with Gasteiger partial charge in [0.2, 0.25) is 0 Å². The molecule has 1 aromatic heterocycles. The van der Waals surface area contributed by atoms with Crippen LogP contribution in [-0.2, 0) is 5.41 Å². The van der Waals surface area contributed by atoms with Gasteiger partial charge in [-0.05, 0) is 87.5 Å². The molecule has 0 N–H and O–H groups in total. The molecule has 244 valence electrons. The van der Waals surface area contributed by atoms with Crippen LogP contribution in [0.15, 0.2) is 202 Å². The minimum atomic E-state index is -0.469. The van der Waals surface area contributed by atoms with Crippen molar-refractivity contribution < 1.29 is 4.42 Å². The molecular formula is C49H31NOS. The lowest BCUT2D eigenvalue weighted by atomic mass is 9.67. The zero-order valence-electron chi connectivity index (χ0n) is 28.2. The number of furan rings is 1. The summed E-state index contributed by atoms with van der Waals surface area (Å²) >= 11 is 1.88. The van der Waals surface area contributed by atoms with Gasteiger partial charge in [0.05, 0.1) is 16.8 Å². The van der Waals surface area contributed by atoms with E-state index < -0.39 is 5.41 Å². The van der Waals surface area contributed by atoms with Crippen molar-refractivity contribution >= 4 is 50.8 Å². The zero-order valence-corrected chi connectivity index (χ0v) is 29.0. The molecule has 1 spiro atoms. The number of hydrogen-bond acceptors (Lipinski definition) is 3. The van der Waals surface area contributed by atoms with Crippen molar-refractivity contribution in [3.05, 3.63) is 210 Å². The molecule has 3 heteroatoms. The van der Waals surface area contributed by atoms with Crippen molar-refractivity contribution in [3.8, 4) is 22.3 Å². The average Bonchev–Trinajstić information content (AvgIpc) is 3.74. The lowest BCUT2D eigenvalue weighted by Crippen LogP contribution is -2.32. The molecule has 9 aromatic rings. The third-order valence-corrected chi connectivity index (χ3v) is 12.1. The maximum absolute atomic E-state index is 6.85. The second-order valence-corrected chi connectivity index (χ2v) is 14.7. The van der Waals surface area contributed by atoms with E-state index >= 15 is 0 Å². The van der Waals surface area contributed by atoms with Crippen molar-refractivity contribution in [2.45, 2.75) is 15.2 Å². The molecule has 52 heavy (non-hydrogen) atoms. The first kappa shape index (κ1) is 29.4. The fourth-order valence-corrected chi connectivity index (χ4v) is 10.0. The Bertz CT molecular complexity index is 2790. The highest BCUT2D eigenvalue weighted by Gasteiger charge is 2.51. The Balaban J connectivity index is 1.27. The highest BCUT2D eigenvalue weighted by Crippen LogP contribution is 2.64. The van der Waals surface area contributed by atoms with E-state index in [0.717, 1.165) is 44.6 Å². The highest BCUT2D eigenvalue weighted by atomic mass is 32.2. The summed E-state index contributed by atoms with van der Waals surface area (Å²) in [5, 5.41) is 2.21. The van der Waals surface area contributed by atoms with E-state index in [1.807, 2.05) is 11.8 Å². The summed E-state index contributed by atoms with van der Waals surface area (Å²) in [7, 11) is 0. The number of anilines is 3. The maximum atomic E-state index is 6.85. The topological polar surface area (TPSA) is 16.4 Å². The van der Waals surface area contributed by atoms with Gasteiger partial charge in [-0.15, -0.1) is 0 Å². The normalized spacial score (nSPS) is 13.5. The lowest BCUT2D eigenvalue weighted by molar-refractivity contribution is 0.669. The number of hydrogen-bond donors (Lipinski definition) is 0. The number of benzene rings is 8. The minimum Gasteiger partial charge on any atom is -0.454 e. The van der Waals surface area contributed by atoms with Gasteiger partial charge in [0.25, 0.3) is 0 Å². The van der Waals surface area contributed by atoms with Crippen LogP contribution in [0.4, 0.5) is 17.1 Å². The second-order valence-electron chi connectivity index (χ2n) is 13.6. The molecule has 0 amide bonds. The molecule has 11 rings (SSSR count). The van der Waals surface area contributed by atoms with Gasteiger partial charge in [0.15, 0.2) is 5.58 Å². The maximum Gasteiger partial charge on any atom is 0.159 e. The Hall–Kier alpha value is -6.29. The predicted octanol–water partition coefficient (Wildman–Crippen LogP) is 13.6. The lowest BCUT2D eigenvalue weighted by Gasteiger charge is -2.39. The molecule has 1 aliphatic heterocycles. The van der Waals surface area contributed by atoms with Crippen LogP contribution >= 0.6 is 11.8 Å². The standard InChI is InChI=1S/C49H31NOS/c1-3-16-32(17-4-1)33-30-37-35-20-8-12-27-44(35)51-48(37)43(31-33)50(34-18-5-2-6-19-34)42-26-15-25-41-47(42)36-21-7-9-22-38(36)49(41)39-23-10-13-28-45(39)52-46-29-14-11-24-40(46)49/h1-31H. The average molecular weight is 682 g/mol. The number of rotatable bonds is 4. The summed E-state index contributed by atoms with van der Waals surface area (Å²) in [5.74, 6) is 0. The largest absolute Gasteiger partial charge is 0.454 e. The van der Waals surface area contributed by atoms with E-state index in [-0.39, 0.29) is 0 Å². The zero-order chi connectivity index (χ0) is 34.2. The molecule has 0 unspecified atom stereocenters. The van der Waals surface area contributed by atoms with Gasteiger partial charge in [0.1, 0.15) is 5.58 Å². The van der Waals surface area contributed by atoms with Crippen molar-refractivity contribution in [1.82, 2.24) is 0 Å². The summed E-state index contributed by atoms with van der Waals surface area (Å²) in [6, 6.07) is 68.4. The van der Waals surface area contributed by atoms with E-state index in [2.05, 4.69) is 193 Å². The first-order chi connectivity index (χ1) is 25.8. The van der Waals surface area contributed by atoms with E-state index in [1.165, 1.54) is 48.7 Å². The fourth-order valence-electron chi connectivity index (χ4n) is 8.83. The van der Waals surface area contributed by atoms with Crippen LogP contribution in [0, 0.1) is 0 Å². The molecule has 0 saturated heterocycles. The Kier molecular flexibility index (Phi) is 6.43. The summed E-state index contributed by atoms with van der Waals surface area (Å²) in [4.78, 5) is 5.03. The van der Waals surface area contributed by atoms with E-state index in [1.54, 1.807) is 0 Å². The van der Waals surface area contributed by atoms with Crippen molar-refractivity contribution in [2.24, 2.45) is 0 Å². The molecule has 0 radical (unpaired) electrons. The van der Waals surface area contributed by atoms with E-state index in [4.69, 9.17) is 4.42 Å². The van der Waals surface area contributed by atoms with Crippen LogP contribution in [0.3, 0.4) is 0 Å². The van der Waals surface area contributed by atoms with Crippen LogP contribution < -0.4 is 4.90 Å². The van der Waals surface area contributed by atoms with Crippen LogP contribution in [0.2, 0.25) is 0 Å². The second kappa shape index (κ2) is 11.4. The molecule has 1 aliphatic carbocycles. The van der Waals surface area contributed by atoms with Gasteiger partial charge < -0.3 is 9.32 Å². The summed E-state index contributed by atoms with van der Waals surface area (Å²) in [6.07, 6.45) is 0. The first-order valence-electron chi connectivity index (χ1n) is 17.8. The van der Waals surface area contributed by atoms with Crippen molar-refractivity contribution in [2.75, 3.05) is 4.90 Å². The molecule has 0 saturated carbocycles. The van der Waals surface area contributed by atoms with Crippen LogP contribution in [0.1, 0.15) is 22.3 Å². The Morgan fingerprint density at radius 2 is 1.06 bits per heavy atom. The summed E-state index contributed by atoms with van der Waals surface area (Å²) in [5.41, 5.74) is 14.6. The van der Waals surface area contributed by atoms with Gasteiger partial charge in [-0.25, -0.2) is 0 Å². The van der Waals surface area contributed by atoms with E-state index in [9.17, 15) is 0 Å². The molecule has 2 heterocycles. The Labute approximate surface area is 306 Å². The van der Waals surface area contributed by atoms with Crippen LogP contribution in [-0.4, -0.2) is 0 Å². The van der Waals surface area contributed by atoms with Gasteiger partial charge >= 0.3 is 0 Å². The molecule has 2 nitrogen and oxygen atoms in total. The van der Waals surface area contributed by atoms with Gasteiger partial charge in [-0.1, -0.05) is 151 Å². The smallest absolute Gasteiger partial charge is 0.159 e. The Morgan fingerprint density at radius 1 is 0.442 bits per heavy atom. The molecule has 0 fully saturated rings. The van der Waals surface area contributed by atoms with Gasteiger partial charge in [0, 0.05) is 31.8 Å². The van der Waals surface area contributed by atoms with Crippen LogP contribution in [0.5, 0.6) is 0 Å². The fraction of sp³-hybridized carbons (Fsp3) is 0.0204. The van der Waals surface area contributed by atoms with E-state index in [0.29, 0.717) is 0 Å². The predicted molar refractivity (Wildman–Crippen MR) is 215 cm³/mol. The monoisotopic (exact) mass is 681 g/mol. The third-order valence-electron chi connectivity index (χ3n) is 10.9. The molecule has 2 aliphatic rings. The summed E-state index contributed by atoms with van der Waals surface area (Å²) < 4.78 is 6.85. The molecular weight excluding hydrogens is 651 g/mol. The first-order valence-corrected chi connectivity index (χ1v) is 18.6. The number of nitrogens with zero attached hydrogens (tertiary/aromatic N) is 1. The molecule has 8 aromatic carbocycles. The molecule has 0 bridgehead atoms. The van der Waals surface area contributed by atoms with Gasteiger partial charge in [-0.3, -0.25) is 0 Å². The Morgan fingerprint density at radius 3 is 1.83 bits per heavy atom. The minimum absolute atomic E-state index is 0.469. The number of fused-ring (bicyclic) bond motifs is 12. The molecule has 0 atom stereocenters. The number of para-hydroxylation sites is 2. The van der Waals surface area contributed by atoms with Crippen molar-refractivity contribution in [1.29, 1.82) is 0 Å².